The minimum absolute atomic E-state index is 0.257. The second kappa shape index (κ2) is 10.6. The summed E-state index contributed by atoms with van der Waals surface area (Å²) in [7, 11) is 0. The summed E-state index contributed by atoms with van der Waals surface area (Å²) < 4.78 is 10.9. The lowest BCUT2D eigenvalue weighted by molar-refractivity contribution is 0.341. The summed E-state index contributed by atoms with van der Waals surface area (Å²) >= 11 is 0. The predicted molar refractivity (Wildman–Crippen MR) is 113 cm³/mol. The van der Waals surface area contributed by atoms with Crippen molar-refractivity contribution < 1.29 is 9.15 Å². The lowest BCUT2D eigenvalue weighted by Crippen LogP contribution is -2.07. The Morgan fingerprint density at radius 1 is 0.963 bits per heavy atom. The third-order valence-electron chi connectivity index (χ3n) is 4.40. The molecule has 0 aliphatic carbocycles. The first-order valence-corrected chi connectivity index (χ1v) is 9.56. The van der Waals surface area contributed by atoms with E-state index in [0.29, 0.717) is 12.2 Å². The fraction of sp³-hybridized carbons (Fsp3) is 0.375. The van der Waals surface area contributed by atoms with Gasteiger partial charge in [0, 0.05) is 5.39 Å². The van der Waals surface area contributed by atoms with Gasteiger partial charge in [0.05, 0.1) is 0 Å². The number of hydrogen-bond acceptors (Lipinski definition) is 3. The van der Waals surface area contributed by atoms with Gasteiger partial charge >= 0.3 is 5.63 Å². The second-order valence-corrected chi connectivity index (χ2v) is 7.21. The van der Waals surface area contributed by atoms with Crippen LogP contribution in [0.1, 0.15) is 53.4 Å². The summed E-state index contributed by atoms with van der Waals surface area (Å²) in [5.41, 5.74) is 4.21. The molecule has 0 bridgehead atoms. The fourth-order valence-electron chi connectivity index (χ4n) is 2.76. The van der Waals surface area contributed by atoms with Crippen LogP contribution in [0.4, 0.5) is 0 Å². The first-order valence-electron chi connectivity index (χ1n) is 9.56. The maximum Gasteiger partial charge on any atom is 0.379 e. The average molecular weight is 367 g/mol. The summed E-state index contributed by atoms with van der Waals surface area (Å²) in [5, 5.41) is 0.863. The SMILES string of the molecule is CC(C)=CCCC(C)=CCCC(C)=CCOc1cc2ccccc2oc1=O. The molecular formula is C24H30O3. The molecular weight excluding hydrogens is 336 g/mol. The van der Waals surface area contributed by atoms with E-state index in [1.807, 2.05) is 24.3 Å². The van der Waals surface area contributed by atoms with Gasteiger partial charge in [-0.3, -0.25) is 0 Å². The number of fused-ring (bicyclic) bond motifs is 1. The van der Waals surface area contributed by atoms with Crippen molar-refractivity contribution in [2.45, 2.75) is 53.4 Å². The van der Waals surface area contributed by atoms with E-state index < -0.39 is 5.63 Å². The molecule has 1 aromatic carbocycles. The largest absolute Gasteiger partial charge is 0.482 e. The third kappa shape index (κ3) is 7.30. The van der Waals surface area contributed by atoms with Crippen LogP contribution in [0.2, 0.25) is 0 Å². The van der Waals surface area contributed by atoms with Crippen LogP contribution in [0.25, 0.3) is 11.0 Å². The Labute approximate surface area is 162 Å². The first-order chi connectivity index (χ1) is 13.0. The van der Waals surface area contributed by atoms with E-state index in [9.17, 15) is 4.79 Å². The van der Waals surface area contributed by atoms with Gasteiger partial charge in [-0.15, -0.1) is 0 Å². The van der Waals surface area contributed by atoms with Crippen LogP contribution >= 0.6 is 0 Å². The van der Waals surface area contributed by atoms with E-state index >= 15 is 0 Å². The standard InChI is InChI=1S/C24H30O3/c1-18(2)9-7-10-19(3)11-8-12-20(4)15-16-26-23-17-21-13-5-6-14-22(21)27-24(23)25/h5-6,9,11,13-15,17H,7-8,10,12,16H2,1-4H3. The Morgan fingerprint density at radius 3 is 2.37 bits per heavy atom. The van der Waals surface area contributed by atoms with Gasteiger partial charge in [0.25, 0.3) is 0 Å². The maximum atomic E-state index is 12.0. The number of benzene rings is 1. The third-order valence-corrected chi connectivity index (χ3v) is 4.40. The van der Waals surface area contributed by atoms with E-state index in [2.05, 4.69) is 39.8 Å². The maximum absolute atomic E-state index is 12.0. The van der Waals surface area contributed by atoms with Gasteiger partial charge in [0.1, 0.15) is 12.2 Å². The molecule has 2 rings (SSSR count). The topological polar surface area (TPSA) is 39.4 Å². The van der Waals surface area contributed by atoms with E-state index in [1.54, 1.807) is 12.1 Å². The molecule has 27 heavy (non-hydrogen) atoms. The van der Waals surface area contributed by atoms with Gasteiger partial charge in [0.15, 0.2) is 0 Å². The normalized spacial score (nSPS) is 12.3. The lowest BCUT2D eigenvalue weighted by atomic mass is 10.1. The van der Waals surface area contributed by atoms with Crippen LogP contribution < -0.4 is 10.4 Å². The molecule has 3 nitrogen and oxygen atoms in total. The molecule has 1 heterocycles. The predicted octanol–water partition coefficient (Wildman–Crippen LogP) is 6.59. The zero-order valence-corrected chi connectivity index (χ0v) is 16.9. The minimum atomic E-state index is -0.435. The van der Waals surface area contributed by atoms with Gasteiger partial charge in [0.2, 0.25) is 5.75 Å². The highest BCUT2D eigenvalue weighted by atomic mass is 16.5. The van der Waals surface area contributed by atoms with Crippen LogP contribution in [0.15, 0.2) is 74.5 Å². The molecule has 3 heteroatoms. The molecule has 0 saturated heterocycles. The van der Waals surface area contributed by atoms with Crippen molar-refractivity contribution in [3.63, 3.8) is 0 Å². The summed E-state index contributed by atoms with van der Waals surface area (Å²) in [6.07, 6.45) is 10.9. The number of hydrogen-bond donors (Lipinski definition) is 0. The molecule has 2 aromatic rings. The molecule has 0 unspecified atom stereocenters. The molecule has 0 spiro atoms. The summed E-state index contributed by atoms with van der Waals surface area (Å²) in [6, 6.07) is 9.17. The van der Waals surface area contributed by atoms with Crippen molar-refractivity contribution in [2.24, 2.45) is 0 Å². The van der Waals surface area contributed by atoms with Gasteiger partial charge in [-0.2, -0.15) is 0 Å². The molecule has 0 aliphatic rings. The number of rotatable bonds is 9. The van der Waals surface area contributed by atoms with E-state index in [4.69, 9.17) is 9.15 Å². The highest BCUT2D eigenvalue weighted by Gasteiger charge is 2.05. The molecule has 0 atom stereocenters. The van der Waals surface area contributed by atoms with Crippen LogP contribution in [-0.2, 0) is 0 Å². The number of allylic oxidation sites excluding steroid dienone is 5. The molecule has 0 fully saturated rings. The fourth-order valence-corrected chi connectivity index (χ4v) is 2.76. The average Bonchev–Trinajstić information content (AvgIpc) is 2.62. The van der Waals surface area contributed by atoms with Crippen molar-refractivity contribution in [2.75, 3.05) is 6.61 Å². The van der Waals surface area contributed by atoms with Crippen molar-refractivity contribution in [1.29, 1.82) is 0 Å². The van der Waals surface area contributed by atoms with E-state index in [1.165, 1.54) is 16.7 Å². The van der Waals surface area contributed by atoms with Gasteiger partial charge in [-0.05, 0) is 71.6 Å². The van der Waals surface area contributed by atoms with Gasteiger partial charge < -0.3 is 9.15 Å². The van der Waals surface area contributed by atoms with Crippen molar-refractivity contribution >= 4 is 11.0 Å². The Kier molecular flexibility index (Phi) is 8.12. The Morgan fingerprint density at radius 2 is 1.63 bits per heavy atom. The number of ether oxygens (including phenoxy) is 1. The van der Waals surface area contributed by atoms with Crippen molar-refractivity contribution in [3.8, 4) is 5.75 Å². The monoisotopic (exact) mass is 366 g/mol. The molecule has 144 valence electrons. The molecule has 1 aromatic heterocycles. The molecule has 0 radical (unpaired) electrons. The van der Waals surface area contributed by atoms with Crippen molar-refractivity contribution in [3.05, 3.63) is 75.7 Å². The van der Waals surface area contributed by atoms with E-state index in [0.717, 1.165) is 31.1 Å². The zero-order valence-electron chi connectivity index (χ0n) is 16.9. The van der Waals surface area contributed by atoms with Crippen molar-refractivity contribution in [1.82, 2.24) is 0 Å². The number of para-hydroxylation sites is 1. The molecule has 0 aliphatic heterocycles. The van der Waals surface area contributed by atoms with Crippen LogP contribution in [0.3, 0.4) is 0 Å². The molecule has 0 saturated carbocycles. The Balaban J connectivity index is 1.81. The quantitative estimate of drug-likeness (QED) is 0.371. The van der Waals surface area contributed by atoms with Crippen LogP contribution in [-0.4, -0.2) is 6.61 Å². The van der Waals surface area contributed by atoms with Crippen LogP contribution in [0.5, 0.6) is 5.75 Å². The summed E-state index contributed by atoms with van der Waals surface area (Å²) in [6.45, 7) is 8.94. The molecule has 0 N–H and O–H groups in total. The minimum Gasteiger partial charge on any atom is -0.482 e. The highest BCUT2D eigenvalue weighted by Crippen LogP contribution is 2.17. The highest BCUT2D eigenvalue weighted by molar-refractivity contribution is 5.77. The first kappa shape index (κ1) is 20.8. The zero-order chi connectivity index (χ0) is 19.6. The smallest absolute Gasteiger partial charge is 0.379 e. The lowest BCUT2D eigenvalue weighted by Gasteiger charge is -2.05. The summed E-state index contributed by atoms with van der Waals surface area (Å²) in [5.74, 6) is 0.257. The Hall–Kier alpha value is -2.55. The van der Waals surface area contributed by atoms with Gasteiger partial charge in [-0.1, -0.05) is 47.1 Å². The van der Waals surface area contributed by atoms with E-state index in [-0.39, 0.29) is 5.75 Å². The second-order valence-electron chi connectivity index (χ2n) is 7.21. The Bertz CT molecular complexity index is 893. The van der Waals surface area contributed by atoms with Crippen LogP contribution in [0, 0.1) is 0 Å². The summed E-state index contributed by atoms with van der Waals surface area (Å²) in [4.78, 5) is 12.0. The van der Waals surface area contributed by atoms with Gasteiger partial charge in [-0.25, -0.2) is 4.79 Å². The molecule has 0 amide bonds.